The van der Waals surface area contributed by atoms with Crippen molar-refractivity contribution in [2.45, 2.75) is 37.5 Å². The van der Waals surface area contributed by atoms with Gasteiger partial charge in [-0.2, -0.15) is 0 Å². The van der Waals surface area contributed by atoms with Gasteiger partial charge in [-0.3, -0.25) is 0 Å². The van der Waals surface area contributed by atoms with E-state index in [4.69, 9.17) is 14.6 Å². The highest BCUT2D eigenvalue weighted by Crippen LogP contribution is 2.14. The molecule has 3 N–H and O–H groups in total. The fourth-order valence-electron chi connectivity index (χ4n) is 1.37. The predicted octanol–water partition coefficient (Wildman–Crippen LogP) is 0.211. The van der Waals surface area contributed by atoms with Gasteiger partial charge in [-0.05, 0) is 31.9 Å². The van der Waals surface area contributed by atoms with Gasteiger partial charge in [0.1, 0.15) is 12.4 Å². The second-order valence-electron chi connectivity index (χ2n) is 3.77. The van der Waals surface area contributed by atoms with Crippen LogP contribution in [-0.4, -0.2) is 31.3 Å². The zero-order valence-electron chi connectivity index (χ0n) is 9.59. The number of sulfonamides is 1. The molecule has 0 aliphatic heterocycles. The molecule has 1 atom stereocenters. The van der Waals surface area contributed by atoms with Crippen molar-refractivity contribution in [3.8, 4) is 0 Å². The maximum absolute atomic E-state index is 11.8. The normalized spacial score (nSPS) is 13.8. The standard InChI is InChI=1S/C10H17NO5S/c1-8(3-2-6-12)11-17(14,15)10-5-4-9(7-13)16-10/h4-5,8,11-13H,2-3,6-7H2,1H3. The first-order valence-corrected chi connectivity index (χ1v) is 6.80. The highest BCUT2D eigenvalue weighted by molar-refractivity contribution is 7.89. The summed E-state index contributed by atoms with van der Waals surface area (Å²) in [5.41, 5.74) is 0. The van der Waals surface area contributed by atoms with Gasteiger partial charge in [-0.1, -0.05) is 0 Å². The fraction of sp³-hybridized carbons (Fsp3) is 0.600. The van der Waals surface area contributed by atoms with Crippen LogP contribution in [0.4, 0.5) is 0 Å². The molecule has 0 aliphatic rings. The van der Waals surface area contributed by atoms with Crippen LogP contribution in [0.1, 0.15) is 25.5 Å². The molecule has 0 aliphatic carbocycles. The molecule has 0 saturated heterocycles. The minimum atomic E-state index is -3.69. The van der Waals surface area contributed by atoms with E-state index in [2.05, 4.69) is 4.72 Å². The van der Waals surface area contributed by atoms with Crippen LogP contribution in [0.3, 0.4) is 0 Å². The summed E-state index contributed by atoms with van der Waals surface area (Å²) in [4.78, 5) is 0. The molecule has 1 aromatic heterocycles. The number of hydrogen-bond acceptors (Lipinski definition) is 5. The zero-order valence-corrected chi connectivity index (χ0v) is 10.4. The van der Waals surface area contributed by atoms with Crippen LogP contribution in [0, 0.1) is 0 Å². The zero-order chi connectivity index (χ0) is 12.9. The van der Waals surface area contributed by atoms with Crippen LogP contribution < -0.4 is 4.72 Å². The van der Waals surface area contributed by atoms with Crippen molar-refractivity contribution in [2.24, 2.45) is 0 Å². The first-order chi connectivity index (χ1) is 7.99. The van der Waals surface area contributed by atoms with Crippen molar-refractivity contribution in [1.82, 2.24) is 4.72 Å². The van der Waals surface area contributed by atoms with Crippen molar-refractivity contribution in [1.29, 1.82) is 0 Å². The van der Waals surface area contributed by atoms with Crippen LogP contribution >= 0.6 is 0 Å². The Hall–Kier alpha value is -0.890. The van der Waals surface area contributed by atoms with Gasteiger partial charge in [-0.25, -0.2) is 13.1 Å². The molecule has 7 heteroatoms. The number of nitrogens with one attached hydrogen (secondary N) is 1. The molecule has 17 heavy (non-hydrogen) atoms. The van der Waals surface area contributed by atoms with Gasteiger partial charge < -0.3 is 14.6 Å². The third kappa shape index (κ3) is 4.12. The second kappa shape index (κ2) is 6.15. The summed E-state index contributed by atoms with van der Waals surface area (Å²) in [6.45, 7) is 1.40. The van der Waals surface area contributed by atoms with Gasteiger partial charge in [0.05, 0.1) is 0 Å². The van der Waals surface area contributed by atoms with E-state index < -0.39 is 10.0 Å². The molecule has 0 amide bonds. The van der Waals surface area contributed by atoms with Crippen molar-refractivity contribution in [2.75, 3.05) is 6.61 Å². The van der Waals surface area contributed by atoms with E-state index in [1.54, 1.807) is 6.92 Å². The average Bonchev–Trinajstić information content (AvgIpc) is 2.75. The smallest absolute Gasteiger partial charge is 0.274 e. The van der Waals surface area contributed by atoms with Crippen molar-refractivity contribution in [3.05, 3.63) is 17.9 Å². The van der Waals surface area contributed by atoms with E-state index in [9.17, 15) is 8.42 Å². The monoisotopic (exact) mass is 263 g/mol. The number of hydrogen-bond donors (Lipinski definition) is 3. The molecular formula is C10H17NO5S. The van der Waals surface area contributed by atoms with E-state index >= 15 is 0 Å². The first-order valence-electron chi connectivity index (χ1n) is 5.32. The van der Waals surface area contributed by atoms with Gasteiger partial charge in [0.2, 0.25) is 5.09 Å². The van der Waals surface area contributed by atoms with E-state index in [1.807, 2.05) is 0 Å². The lowest BCUT2D eigenvalue weighted by molar-refractivity contribution is 0.236. The van der Waals surface area contributed by atoms with Crippen LogP contribution in [0.15, 0.2) is 21.6 Å². The van der Waals surface area contributed by atoms with E-state index in [0.717, 1.165) is 0 Å². The molecule has 0 radical (unpaired) electrons. The number of furan rings is 1. The largest absolute Gasteiger partial charge is 0.446 e. The average molecular weight is 263 g/mol. The molecule has 0 aromatic carbocycles. The summed E-state index contributed by atoms with van der Waals surface area (Å²) in [5.74, 6) is 0.202. The van der Waals surface area contributed by atoms with Gasteiger partial charge in [0.25, 0.3) is 10.0 Å². The molecule has 6 nitrogen and oxygen atoms in total. The summed E-state index contributed by atoms with van der Waals surface area (Å²) in [7, 11) is -3.69. The van der Waals surface area contributed by atoms with Crippen LogP contribution in [0.25, 0.3) is 0 Å². The quantitative estimate of drug-likeness (QED) is 0.653. The maximum Gasteiger partial charge on any atom is 0.274 e. The molecule has 1 rings (SSSR count). The van der Waals surface area contributed by atoms with Crippen molar-refractivity contribution in [3.63, 3.8) is 0 Å². The molecule has 0 spiro atoms. The van der Waals surface area contributed by atoms with Crippen LogP contribution in [0.2, 0.25) is 0 Å². The Morgan fingerprint density at radius 2 is 2.12 bits per heavy atom. The van der Waals surface area contributed by atoms with Gasteiger partial charge in [-0.15, -0.1) is 0 Å². The Kier molecular flexibility index (Phi) is 5.13. The number of aliphatic hydroxyl groups excluding tert-OH is 2. The molecule has 0 fully saturated rings. The SMILES string of the molecule is CC(CCCO)NS(=O)(=O)c1ccc(CO)o1. The molecule has 1 heterocycles. The third-order valence-electron chi connectivity index (χ3n) is 2.21. The fourth-order valence-corrected chi connectivity index (χ4v) is 2.59. The van der Waals surface area contributed by atoms with Gasteiger partial charge in [0, 0.05) is 12.6 Å². The molecule has 0 saturated carbocycles. The number of rotatable bonds is 7. The predicted molar refractivity (Wildman–Crippen MR) is 60.7 cm³/mol. The minimum Gasteiger partial charge on any atom is -0.446 e. The summed E-state index contributed by atoms with van der Waals surface area (Å²) >= 11 is 0. The highest BCUT2D eigenvalue weighted by Gasteiger charge is 2.20. The lowest BCUT2D eigenvalue weighted by atomic mass is 10.2. The lowest BCUT2D eigenvalue weighted by Gasteiger charge is -2.11. The molecule has 1 aromatic rings. The first kappa shape index (κ1) is 14.2. The van der Waals surface area contributed by atoms with Crippen molar-refractivity contribution >= 4 is 10.0 Å². The minimum absolute atomic E-state index is 0.0292. The lowest BCUT2D eigenvalue weighted by Crippen LogP contribution is -2.32. The number of aliphatic hydroxyl groups is 2. The Bertz CT molecular complexity index is 439. The van der Waals surface area contributed by atoms with Crippen LogP contribution in [-0.2, 0) is 16.6 Å². The van der Waals surface area contributed by atoms with E-state index in [1.165, 1.54) is 12.1 Å². The van der Waals surface area contributed by atoms with Gasteiger partial charge in [0.15, 0.2) is 0 Å². The Morgan fingerprint density at radius 1 is 1.41 bits per heavy atom. The van der Waals surface area contributed by atoms with Gasteiger partial charge >= 0.3 is 0 Å². The van der Waals surface area contributed by atoms with E-state index in [0.29, 0.717) is 12.8 Å². The van der Waals surface area contributed by atoms with E-state index in [-0.39, 0.29) is 30.1 Å². The summed E-state index contributed by atoms with van der Waals surface area (Å²) in [6.07, 6.45) is 1.08. The summed E-state index contributed by atoms with van der Waals surface area (Å²) < 4.78 is 31.0. The maximum atomic E-state index is 11.8. The Morgan fingerprint density at radius 3 is 2.65 bits per heavy atom. The summed E-state index contributed by atoms with van der Waals surface area (Å²) in [5, 5.41) is 17.2. The van der Waals surface area contributed by atoms with Crippen molar-refractivity contribution < 1.29 is 23.0 Å². The topological polar surface area (TPSA) is 99.8 Å². The van der Waals surface area contributed by atoms with Crippen LogP contribution in [0.5, 0.6) is 0 Å². The highest BCUT2D eigenvalue weighted by atomic mass is 32.2. The molecule has 0 bridgehead atoms. The third-order valence-corrected chi connectivity index (χ3v) is 3.67. The molecular weight excluding hydrogens is 246 g/mol. The Balaban J connectivity index is 2.68. The molecule has 1 unspecified atom stereocenters. The Labute approximate surface area is 100 Å². The molecule has 98 valence electrons. The second-order valence-corrected chi connectivity index (χ2v) is 5.41. The summed E-state index contributed by atoms with van der Waals surface area (Å²) in [6, 6.07) is 2.43.